The summed E-state index contributed by atoms with van der Waals surface area (Å²) in [5.41, 5.74) is 4.50. The molecule has 0 N–H and O–H groups in total. The van der Waals surface area contributed by atoms with E-state index in [-0.39, 0.29) is 0 Å². The summed E-state index contributed by atoms with van der Waals surface area (Å²) in [6.07, 6.45) is 0. The molecule has 6 aromatic carbocycles. The van der Waals surface area contributed by atoms with Crippen LogP contribution in [0, 0.1) is 0 Å². The summed E-state index contributed by atoms with van der Waals surface area (Å²) in [4.78, 5) is 14.9. The van der Waals surface area contributed by atoms with Crippen molar-refractivity contribution in [3.05, 3.63) is 127 Å². The number of fused-ring (bicyclic) bond motifs is 4. The van der Waals surface area contributed by atoms with Crippen LogP contribution >= 0.6 is 11.3 Å². The van der Waals surface area contributed by atoms with E-state index in [9.17, 15) is 0 Å². The van der Waals surface area contributed by atoms with Crippen LogP contribution in [0.15, 0.2) is 132 Å². The topological polar surface area (TPSA) is 51.8 Å². The van der Waals surface area contributed by atoms with E-state index in [1.807, 2.05) is 60.7 Å². The second-order valence-corrected chi connectivity index (χ2v) is 11.5. The van der Waals surface area contributed by atoms with Crippen LogP contribution in [0.25, 0.3) is 87.0 Å². The Balaban J connectivity index is 1.39. The molecule has 9 rings (SSSR count). The molecule has 42 heavy (non-hydrogen) atoms. The molecule has 0 aliphatic heterocycles. The Hall–Kier alpha value is -5.39. The molecule has 0 spiro atoms. The van der Waals surface area contributed by atoms with Gasteiger partial charge in [-0.3, -0.25) is 0 Å². The molecule has 0 atom stereocenters. The van der Waals surface area contributed by atoms with Gasteiger partial charge in [-0.2, -0.15) is 0 Å². The number of nitrogens with zero attached hydrogens (tertiary/aromatic N) is 3. The number of rotatable bonds is 3. The fourth-order valence-corrected chi connectivity index (χ4v) is 7.25. The maximum atomic E-state index is 6.52. The van der Waals surface area contributed by atoms with Gasteiger partial charge in [-0.25, -0.2) is 15.0 Å². The summed E-state index contributed by atoms with van der Waals surface area (Å²) < 4.78 is 8.90. The van der Waals surface area contributed by atoms with Crippen molar-refractivity contribution in [1.29, 1.82) is 0 Å². The second-order valence-electron chi connectivity index (χ2n) is 10.4. The summed E-state index contributed by atoms with van der Waals surface area (Å²) in [7, 11) is 0. The van der Waals surface area contributed by atoms with Crippen LogP contribution in [0.2, 0.25) is 0 Å². The van der Waals surface area contributed by atoms with Gasteiger partial charge in [-0.05, 0) is 34.4 Å². The predicted molar refractivity (Wildman–Crippen MR) is 174 cm³/mol. The first kappa shape index (κ1) is 23.3. The molecule has 9 aromatic rings. The minimum absolute atomic E-state index is 0.615. The molecule has 0 saturated carbocycles. The monoisotopic (exact) mass is 555 g/mol. The van der Waals surface area contributed by atoms with Gasteiger partial charge in [0, 0.05) is 42.2 Å². The zero-order valence-corrected chi connectivity index (χ0v) is 23.1. The Morgan fingerprint density at radius 2 is 1.10 bits per heavy atom. The van der Waals surface area contributed by atoms with E-state index >= 15 is 0 Å². The number of aromatic nitrogens is 3. The Bertz CT molecular complexity index is 2400. The lowest BCUT2D eigenvalue weighted by molar-refractivity contribution is 0.669. The lowest BCUT2D eigenvalue weighted by Gasteiger charge is -2.08. The van der Waals surface area contributed by atoms with Crippen LogP contribution in [0.5, 0.6) is 0 Å². The molecule has 0 fully saturated rings. The summed E-state index contributed by atoms with van der Waals surface area (Å²) >= 11 is 1.80. The average Bonchev–Trinajstić information content (AvgIpc) is 3.37. The van der Waals surface area contributed by atoms with E-state index in [0.717, 1.165) is 43.3 Å². The van der Waals surface area contributed by atoms with Crippen LogP contribution in [-0.4, -0.2) is 15.0 Å². The molecule has 3 aromatic heterocycles. The molecule has 0 bridgehead atoms. The molecule has 0 radical (unpaired) electrons. The molecule has 0 unspecified atom stereocenters. The summed E-state index contributed by atoms with van der Waals surface area (Å²) in [5.74, 6) is 1.90. The third kappa shape index (κ3) is 3.57. The lowest BCUT2D eigenvalue weighted by Crippen LogP contribution is -2.00. The highest BCUT2D eigenvalue weighted by Gasteiger charge is 2.19. The molecule has 0 aliphatic rings. The van der Waals surface area contributed by atoms with Crippen LogP contribution in [0.3, 0.4) is 0 Å². The second kappa shape index (κ2) is 9.06. The highest BCUT2D eigenvalue weighted by atomic mass is 32.1. The molecule has 4 nitrogen and oxygen atoms in total. The van der Waals surface area contributed by atoms with E-state index in [1.54, 1.807) is 11.3 Å². The van der Waals surface area contributed by atoms with Gasteiger partial charge >= 0.3 is 0 Å². The van der Waals surface area contributed by atoms with Gasteiger partial charge in [0.15, 0.2) is 17.5 Å². The molecular weight excluding hydrogens is 534 g/mol. The van der Waals surface area contributed by atoms with Crippen LogP contribution in [0.4, 0.5) is 0 Å². The van der Waals surface area contributed by atoms with Crippen molar-refractivity contribution in [2.75, 3.05) is 0 Å². The van der Waals surface area contributed by atoms with E-state index in [0.29, 0.717) is 17.5 Å². The van der Waals surface area contributed by atoms with Gasteiger partial charge in [-0.15, -0.1) is 11.3 Å². The average molecular weight is 556 g/mol. The first-order valence-electron chi connectivity index (χ1n) is 13.9. The maximum absolute atomic E-state index is 6.52. The molecule has 196 valence electrons. The highest BCUT2D eigenvalue weighted by Crippen LogP contribution is 2.44. The predicted octanol–water partition coefficient (Wildman–Crippen LogP) is 10.3. The standard InChI is InChI=1S/C37H21N3OS/c1-3-11-23(12-4-1)35-38-36(24-13-5-2-6-14-24)40-37(39-35)25-20-30-33-31(21-25)42-34-26-15-8-7-10-22(26)18-19-28(34)27-16-9-17-29(41-30)32(27)33/h1-21H. The highest BCUT2D eigenvalue weighted by molar-refractivity contribution is 7.25. The minimum Gasteiger partial charge on any atom is -0.456 e. The Morgan fingerprint density at radius 3 is 1.83 bits per heavy atom. The number of hydrogen-bond donors (Lipinski definition) is 0. The maximum Gasteiger partial charge on any atom is 0.164 e. The Kier molecular flexibility index (Phi) is 5.03. The minimum atomic E-state index is 0.615. The largest absolute Gasteiger partial charge is 0.456 e. The zero-order chi connectivity index (χ0) is 27.6. The van der Waals surface area contributed by atoms with Gasteiger partial charge in [0.05, 0.1) is 0 Å². The number of furan rings is 1. The van der Waals surface area contributed by atoms with Crippen molar-refractivity contribution in [2.45, 2.75) is 0 Å². The Morgan fingerprint density at radius 1 is 0.452 bits per heavy atom. The summed E-state index contributed by atoms with van der Waals surface area (Å²) in [6, 6.07) is 43.9. The quantitative estimate of drug-likeness (QED) is 0.218. The van der Waals surface area contributed by atoms with Crippen LogP contribution in [0.1, 0.15) is 0 Å². The van der Waals surface area contributed by atoms with E-state index in [2.05, 4.69) is 66.7 Å². The smallest absolute Gasteiger partial charge is 0.164 e. The first-order chi connectivity index (χ1) is 20.8. The SMILES string of the molecule is c1ccc(-c2nc(-c3ccccc3)nc(-c3cc4oc5cccc6c7ccc8ccccc8c7sc(c3)c4c56)n2)cc1. The first-order valence-corrected chi connectivity index (χ1v) is 14.7. The fraction of sp³-hybridized carbons (Fsp3) is 0. The van der Waals surface area contributed by atoms with Crippen LogP contribution in [-0.2, 0) is 0 Å². The summed E-state index contributed by atoms with van der Waals surface area (Å²) in [5, 5.41) is 7.19. The van der Waals surface area contributed by atoms with Gasteiger partial charge < -0.3 is 4.42 Å². The fourth-order valence-electron chi connectivity index (χ4n) is 5.96. The van der Waals surface area contributed by atoms with Crippen LogP contribution < -0.4 is 0 Å². The van der Waals surface area contributed by atoms with E-state index in [1.165, 1.54) is 26.2 Å². The third-order valence-electron chi connectivity index (χ3n) is 7.90. The van der Waals surface area contributed by atoms with Crippen molar-refractivity contribution in [2.24, 2.45) is 0 Å². The zero-order valence-electron chi connectivity index (χ0n) is 22.3. The molecule has 0 saturated heterocycles. The third-order valence-corrected chi connectivity index (χ3v) is 9.09. The normalized spacial score (nSPS) is 11.8. The van der Waals surface area contributed by atoms with Crippen molar-refractivity contribution < 1.29 is 4.42 Å². The lowest BCUT2D eigenvalue weighted by atomic mass is 10.0. The van der Waals surface area contributed by atoms with Crippen molar-refractivity contribution in [1.82, 2.24) is 15.0 Å². The van der Waals surface area contributed by atoms with Gasteiger partial charge in [-0.1, -0.05) is 109 Å². The molecule has 5 heteroatoms. The van der Waals surface area contributed by atoms with E-state index in [4.69, 9.17) is 19.4 Å². The molecule has 0 amide bonds. The van der Waals surface area contributed by atoms with Gasteiger partial charge in [0.2, 0.25) is 0 Å². The van der Waals surface area contributed by atoms with Crippen molar-refractivity contribution >= 4 is 64.2 Å². The molecular formula is C37H21N3OS. The van der Waals surface area contributed by atoms with Gasteiger partial charge in [0.1, 0.15) is 11.2 Å². The molecule has 3 heterocycles. The summed E-state index contributed by atoms with van der Waals surface area (Å²) in [6.45, 7) is 0. The van der Waals surface area contributed by atoms with Gasteiger partial charge in [0.25, 0.3) is 0 Å². The number of benzene rings is 6. The van der Waals surface area contributed by atoms with Crippen molar-refractivity contribution in [3.8, 4) is 34.2 Å². The van der Waals surface area contributed by atoms with E-state index < -0.39 is 0 Å². The van der Waals surface area contributed by atoms with Crippen molar-refractivity contribution in [3.63, 3.8) is 0 Å². The number of hydrogen-bond acceptors (Lipinski definition) is 5. The Labute approximate surface area is 244 Å². The molecule has 0 aliphatic carbocycles.